The van der Waals surface area contributed by atoms with Gasteiger partial charge < -0.3 is 14.1 Å². The molecule has 0 fully saturated rings. The summed E-state index contributed by atoms with van der Waals surface area (Å²) in [4.78, 5) is 27.8. The molecule has 0 saturated heterocycles. The van der Waals surface area contributed by atoms with E-state index in [0.29, 0.717) is 29.7 Å². The molecule has 0 spiro atoms. The van der Waals surface area contributed by atoms with Crippen LogP contribution in [0.5, 0.6) is 0 Å². The number of hydrogen-bond donors (Lipinski definition) is 0. The van der Waals surface area contributed by atoms with Crippen LogP contribution < -0.4 is 5.43 Å². The van der Waals surface area contributed by atoms with Gasteiger partial charge in [-0.15, -0.1) is 0 Å². The first-order valence-electron chi connectivity index (χ1n) is 8.23. The highest BCUT2D eigenvalue weighted by atomic mass is 79.9. The molecular weight excluding hydrogens is 398 g/mol. The summed E-state index contributed by atoms with van der Waals surface area (Å²) < 4.78 is 11.9. The number of carbonyl (C=O) groups excluding carboxylic acids is 1. The highest BCUT2D eigenvalue weighted by molar-refractivity contribution is 9.10. The fourth-order valence-corrected chi connectivity index (χ4v) is 3.83. The van der Waals surface area contributed by atoms with E-state index in [-0.39, 0.29) is 17.1 Å². The molecule has 0 radical (unpaired) electrons. The van der Waals surface area contributed by atoms with Crippen LogP contribution in [0.25, 0.3) is 11.0 Å². The normalized spacial score (nSPS) is 16.3. The van der Waals surface area contributed by atoms with E-state index in [0.717, 1.165) is 10.0 Å². The van der Waals surface area contributed by atoms with Crippen LogP contribution in [-0.2, 0) is 4.74 Å². The second kappa shape index (κ2) is 6.70. The molecule has 1 aromatic heterocycles. The number of carbonyl (C=O) groups is 1. The van der Waals surface area contributed by atoms with Gasteiger partial charge in [0.15, 0.2) is 5.43 Å². The Hall–Kier alpha value is -2.44. The summed E-state index contributed by atoms with van der Waals surface area (Å²) >= 11 is 3.47. The third kappa shape index (κ3) is 2.66. The van der Waals surface area contributed by atoms with Crippen molar-refractivity contribution in [1.82, 2.24) is 4.90 Å². The number of amides is 1. The van der Waals surface area contributed by atoms with E-state index in [4.69, 9.17) is 9.15 Å². The zero-order valence-electron chi connectivity index (χ0n) is 14.1. The van der Waals surface area contributed by atoms with Crippen molar-refractivity contribution in [3.05, 3.63) is 80.1 Å². The number of rotatable bonds is 4. The highest BCUT2D eigenvalue weighted by Crippen LogP contribution is 2.38. The molecular formula is C20H16BrNO4. The maximum atomic E-state index is 13.2. The number of para-hydroxylation sites is 1. The van der Waals surface area contributed by atoms with Crippen molar-refractivity contribution in [2.75, 3.05) is 20.3 Å². The van der Waals surface area contributed by atoms with Crippen LogP contribution in [0.3, 0.4) is 0 Å². The summed E-state index contributed by atoms with van der Waals surface area (Å²) in [5.41, 5.74) is 1.50. The summed E-state index contributed by atoms with van der Waals surface area (Å²) in [6.45, 7) is 0.741. The summed E-state index contributed by atoms with van der Waals surface area (Å²) in [7, 11) is 1.58. The molecule has 3 aromatic rings. The average molecular weight is 414 g/mol. The van der Waals surface area contributed by atoms with Crippen molar-refractivity contribution >= 4 is 32.8 Å². The minimum Gasteiger partial charge on any atom is -0.450 e. The predicted octanol–water partition coefficient (Wildman–Crippen LogP) is 3.75. The van der Waals surface area contributed by atoms with Crippen LogP contribution in [0, 0.1) is 0 Å². The fraction of sp³-hybridized carbons (Fsp3) is 0.200. The summed E-state index contributed by atoms with van der Waals surface area (Å²) in [6.07, 6.45) is 0. The molecule has 0 saturated carbocycles. The van der Waals surface area contributed by atoms with Crippen molar-refractivity contribution < 1.29 is 13.9 Å². The molecule has 26 heavy (non-hydrogen) atoms. The minimum atomic E-state index is -0.494. The van der Waals surface area contributed by atoms with Crippen molar-refractivity contribution in [2.45, 2.75) is 6.04 Å². The lowest BCUT2D eigenvalue weighted by atomic mass is 9.98. The maximum Gasteiger partial charge on any atom is 0.290 e. The van der Waals surface area contributed by atoms with Gasteiger partial charge in [-0.05, 0) is 29.8 Å². The van der Waals surface area contributed by atoms with E-state index in [1.165, 1.54) is 0 Å². The first kappa shape index (κ1) is 17.0. The van der Waals surface area contributed by atoms with Gasteiger partial charge in [-0.1, -0.05) is 40.2 Å². The summed E-state index contributed by atoms with van der Waals surface area (Å²) in [6, 6.07) is 14.1. The molecule has 4 rings (SSSR count). The van der Waals surface area contributed by atoms with E-state index < -0.39 is 6.04 Å². The molecule has 132 valence electrons. The van der Waals surface area contributed by atoms with Gasteiger partial charge >= 0.3 is 0 Å². The third-order valence-corrected chi connectivity index (χ3v) is 5.07. The first-order valence-corrected chi connectivity index (χ1v) is 9.02. The van der Waals surface area contributed by atoms with Crippen LogP contribution in [0.1, 0.15) is 27.7 Å². The quantitative estimate of drug-likeness (QED) is 0.653. The average Bonchev–Trinajstić information content (AvgIpc) is 2.93. The number of nitrogens with zero attached hydrogens (tertiary/aromatic N) is 1. The highest BCUT2D eigenvalue weighted by Gasteiger charge is 2.42. The molecule has 1 aliphatic heterocycles. The maximum absolute atomic E-state index is 13.2. The van der Waals surface area contributed by atoms with E-state index in [1.807, 2.05) is 24.3 Å². The van der Waals surface area contributed by atoms with Gasteiger partial charge in [-0.25, -0.2) is 0 Å². The molecule has 2 aromatic carbocycles. The van der Waals surface area contributed by atoms with Gasteiger partial charge in [0.1, 0.15) is 5.58 Å². The number of benzene rings is 2. The Labute approximate surface area is 158 Å². The molecule has 1 aliphatic rings. The van der Waals surface area contributed by atoms with E-state index in [2.05, 4.69) is 15.9 Å². The summed E-state index contributed by atoms with van der Waals surface area (Å²) in [5.74, 6) is -0.167. The zero-order chi connectivity index (χ0) is 18.3. The van der Waals surface area contributed by atoms with Gasteiger partial charge in [-0.2, -0.15) is 0 Å². The molecule has 0 aliphatic carbocycles. The van der Waals surface area contributed by atoms with Crippen molar-refractivity contribution in [1.29, 1.82) is 0 Å². The van der Waals surface area contributed by atoms with E-state index >= 15 is 0 Å². The van der Waals surface area contributed by atoms with Crippen molar-refractivity contribution in [3.8, 4) is 0 Å². The zero-order valence-corrected chi connectivity index (χ0v) is 15.7. The Balaban J connectivity index is 1.97. The second-order valence-corrected chi connectivity index (χ2v) is 7.03. The Morgan fingerprint density at radius 3 is 2.73 bits per heavy atom. The Morgan fingerprint density at radius 1 is 1.15 bits per heavy atom. The lowest BCUT2D eigenvalue weighted by molar-refractivity contribution is 0.0663. The van der Waals surface area contributed by atoms with Crippen LogP contribution in [0.4, 0.5) is 0 Å². The van der Waals surface area contributed by atoms with Crippen LogP contribution in [-0.4, -0.2) is 31.1 Å². The molecule has 0 N–H and O–H groups in total. The summed E-state index contributed by atoms with van der Waals surface area (Å²) in [5, 5.41) is 0.479. The fourth-order valence-electron chi connectivity index (χ4n) is 3.41. The molecule has 6 heteroatoms. The topological polar surface area (TPSA) is 59.8 Å². The molecule has 0 bridgehead atoms. The molecule has 1 amide bonds. The number of fused-ring (bicyclic) bond motifs is 2. The largest absolute Gasteiger partial charge is 0.450 e. The van der Waals surface area contributed by atoms with Gasteiger partial charge in [0.05, 0.1) is 23.6 Å². The second-order valence-electron chi connectivity index (χ2n) is 6.12. The van der Waals surface area contributed by atoms with E-state index in [9.17, 15) is 9.59 Å². The monoisotopic (exact) mass is 413 g/mol. The van der Waals surface area contributed by atoms with Crippen molar-refractivity contribution in [3.63, 3.8) is 0 Å². The van der Waals surface area contributed by atoms with E-state index in [1.54, 1.807) is 36.3 Å². The lowest BCUT2D eigenvalue weighted by Crippen LogP contribution is -2.32. The van der Waals surface area contributed by atoms with Crippen LogP contribution >= 0.6 is 15.9 Å². The lowest BCUT2D eigenvalue weighted by Gasteiger charge is -2.24. The number of methoxy groups -OCH3 is 1. The van der Waals surface area contributed by atoms with Crippen LogP contribution in [0.15, 0.2) is 62.2 Å². The number of halogens is 1. The first-order chi connectivity index (χ1) is 12.6. The smallest absolute Gasteiger partial charge is 0.290 e. The molecule has 5 nitrogen and oxygen atoms in total. The Bertz CT molecular complexity index is 1060. The number of hydrogen-bond acceptors (Lipinski definition) is 4. The SMILES string of the molecule is COCCN1C(=O)c2oc3ccccc3c(=O)c2C1c1cccc(Br)c1. The van der Waals surface area contributed by atoms with Crippen LogP contribution in [0.2, 0.25) is 0 Å². The third-order valence-electron chi connectivity index (χ3n) is 4.57. The van der Waals surface area contributed by atoms with Gasteiger partial charge in [0.25, 0.3) is 5.91 Å². The Kier molecular flexibility index (Phi) is 4.38. The Morgan fingerprint density at radius 2 is 1.96 bits per heavy atom. The predicted molar refractivity (Wildman–Crippen MR) is 101 cm³/mol. The minimum absolute atomic E-state index is 0.120. The standard InChI is InChI=1S/C20H16BrNO4/c1-25-10-9-22-17(12-5-4-6-13(21)11-12)16-18(23)14-7-2-3-8-15(14)26-19(16)20(22)24/h2-8,11,17H,9-10H2,1H3. The number of ether oxygens (including phenoxy) is 1. The van der Waals surface area contributed by atoms with Gasteiger partial charge in [0.2, 0.25) is 5.76 Å². The van der Waals surface area contributed by atoms with Gasteiger partial charge in [-0.3, -0.25) is 9.59 Å². The molecule has 1 unspecified atom stereocenters. The molecule has 2 heterocycles. The van der Waals surface area contributed by atoms with Crippen molar-refractivity contribution in [2.24, 2.45) is 0 Å². The molecule has 1 atom stereocenters. The van der Waals surface area contributed by atoms with Gasteiger partial charge in [0, 0.05) is 18.1 Å².